The minimum Gasteiger partial charge on any atom is -0.497 e. The molecule has 0 saturated carbocycles. The number of ether oxygens (including phenoxy) is 1. The molecule has 5 rings (SSSR count). The van der Waals surface area contributed by atoms with Gasteiger partial charge in [-0.25, -0.2) is 0 Å². The molecule has 2 N–H and O–H groups in total. The normalized spacial score (nSPS) is 11.6. The van der Waals surface area contributed by atoms with E-state index in [9.17, 15) is 9.59 Å². The zero-order valence-corrected chi connectivity index (χ0v) is 22.7. The standard InChI is InChI=1S/C32H28N4O3S/c1-39-26-19-11-18-25(21-26)31-35-36-32(40-31)34-29(37)27(20-22-12-5-2-6-13-22)33-30(38)28(23-14-7-3-8-15-23)24-16-9-4-10-17-24/h2-19,21,27-28H,20H2,1H3,(H,33,38)(H,34,36,37). The maximum atomic E-state index is 13.8. The predicted molar refractivity (Wildman–Crippen MR) is 157 cm³/mol. The summed E-state index contributed by atoms with van der Waals surface area (Å²) in [6, 6.07) is 35.4. The number of hydrogen-bond acceptors (Lipinski definition) is 6. The van der Waals surface area contributed by atoms with Crippen molar-refractivity contribution in [3.63, 3.8) is 0 Å². The van der Waals surface area contributed by atoms with Crippen LogP contribution in [0.4, 0.5) is 5.13 Å². The third-order valence-electron chi connectivity index (χ3n) is 6.42. The SMILES string of the molecule is COc1cccc(-c2nnc(NC(=O)C(Cc3ccccc3)NC(=O)C(c3ccccc3)c3ccccc3)s2)c1. The Morgan fingerprint density at radius 3 is 2.02 bits per heavy atom. The maximum Gasteiger partial charge on any atom is 0.249 e. The second-order valence-electron chi connectivity index (χ2n) is 9.14. The van der Waals surface area contributed by atoms with E-state index in [1.165, 1.54) is 11.3 Å². The van der Waals surface area contributed by atoms with E-state index >= 15 is 0 Å². The molecule has 0 aliphatic heterocycles. The Morgan fingerprint density at radius 1 is 0.775 bits per heavy atom. The van der Waals surface area contributed by atoms with Crippen molar-refractivity contribution in [3.8, 4) is 16.3 Å². The van der Waals surface area contributed by atoms with Gasteiger partial charge in [0.2, 0.25) is 16.9 Å². The molecule has 1 aromatic heterocycles. The summed E-state index contributed by atoms with van der Waals surface area (Å²) < 4.78 is 5.30. The molecule has 0 radical (unpaired) electrons. The lowest BCUT2D eigenvalue weighted by Gasteiger charge is -2.23. The summed E-state index contributed by atoms with van der Waals surface area (Å²) in [6.07, 6.45) is 0.316. The number of hydrogen-bond donors (Lipinski definition) is 2. The third-order valence-corrected chi connectivity index (χ3v) is 7.30. The number of carbonyl (C=O) groups is 2. The zero-order valence-electron chi connectivity index (χ0n) is 21.9. The highest BCUT2D eigenvalue weighted by molar-refractivity contribution is 7.18. The van der Waals surface area contributed by atoms with Gasteiger partial charge >= 0.3 is 0 Å². The number of rotatable bonds is 10. The summed E-state index contributed by atoms with van der Waals surface area (Å²) in [7, 11) is 1.60. The number of nitrogens with one attached hydrogen (secondary N) is 2. The fourth-order valence-electron chi connectivity index (χ4n) is 4.44. The smallest absolute Gasteiger partial charge is 0.249 e. The Balaban J connectivity index is 1.39. The Kier molecular flexibility index (Phi) is 8.58. The summed E-state index contributed by atoms with van der Waals surface area (Å²) >= 11 is 1.25. The minimum absolute atomic E-state index is 0.261. The molecule has 1 heterocycles. The maximum absolute atomic E-state index is 13.8. The van der Waals surface area contributed by atoms with Crippen LogP contribution in [-0.4, -0.2) is 35.2 Å². The van der Waals surface area contributed by atoms with Gasteiger partial charge in [-0.2, -0.15) is 0 Å². The molecule has 0 bridgehead atoms. The van der Waals surface area contributed by atoms with Crippen LogP contribution in [0.1, 0.15) is 22.6 Å². The van der Waals surface area contributed by atoms with E-state index < -0.39 is 12.0 Å². The first-order chi connectivity index (χ1) is 19.6. The quantitative estimate of drug-likeness (QED) is 0.233. The Bertz CT molecular complexity index is 1520. The number of aromatic nitrogens is 2. The van der Waals surface area contributed by atoms with E-state index in [-0.39, 0.29) is 11.8 Å². The molecule has 1 unspecified atom stereocenters. The number of methoxy groups -OCH3 is 1. The van der Waals surface area contributed by atoms with Crippen LogP contribution >= 0.6 is 11.3 Å². The van der Waals surface area contributed by atoms with Gasteiger partial charge in [0.05, 0.1) is 13.0 Å². The lowest BCUT2D eigenvalue weighted by molar-refractivity contribution is -0.126. The molecule has 200 valence electrons. The monoisotopic (exact) mass is 548 g/mol. The van der Waals surface area contributed by atoms with Crippen molar-refractivity contribution in [1.29, 1.82) is 0 Å². The van der Waals surface area contributed by atoms with Crippen molar-refractivity contribution in [2.75, 3.05) is 12.4 Å². The van der Waals surface area contributed by atoms with Crippen LogP contribution in [0.25, 0.3) is 10.6 Å². The molecular weight excluding hydrogens is 520 g/mol. The van der Waals surface area contributed by atoms with E-state index in [4.69, 9.17) is 4.74 Å². The van der Waals surface area contributed by atoms with E-state index in [2.05, 4.69) is 20.8 Å². The molecule has 40 heavy (non-hydrogen) atoms. The van der Waals surface area contributed by atoms with Gasteiger partial charge in [-0.1, -0.05) is 114 Å². The molecule has 5 aromatic rings. The number of carbonyl (C=O) groups excluding carboxylic acids is 2. The summed E-state index contributed by atoms with van der Waals surface area (Å²) in [5.74, 6) is -0.502. The highest BCUT2D eigenvalue weighted by Gasteiger charge is 2.28. The number of benzene rings is 4. The fourth-order valence-corrected chi connectivity index (χ4v) is 5.18. The van der Waals surface area contributed by atoms with Gasteiger partial charge in [0, 0.05) is 12.0 Å². The Labute approximate surface area is 236 Å². The first-order valence-corrected chi connectivity index (χ1v) is 13.7. The van der Waals surface area contributed by atoms with Gasteiger partial charge in [0.1, 0.15) is 16.8 Å². The van der Waals surface area contributed by atoms with E-state index in [1.54, 1.807) is 7.11 Å². The van der Waals surface area contributed by atoms with Crippen molar-refractivity contribution in [1.82, 2.24) is 15.5 Å². The van der Waals surface area contributed by atoms with Crippen LogP contribution in [0.3, 0.4) is 0 Å². The highest BCUT2D eigenvalue weighted by Crippen LogP contribution is 2.29. The summed E-state index contributed by atoms with van der Waals surface area (Å²) in [4.78, 5) is 27.4. The fraction of sp³-hybridized carbons (Fsp3) is 0.125. The van der Waals surface area contributed by atoms with Gasteiger partial charge in [-0.05, 0) is 28.8 Å². The number of amides is 2. The van der Waals surface area contributed by atoms with Crippen molar-refractivity contribution in [3.05, 3.63) is 132 Å². The molecule has 0 fully saturated rings. The topological polar surface area (TPSA) is 93.2 Å². The molecule has 0 aliphatic rings. The predicted octanol–water partition coefficient (Wildman–Crippen LogP) is 5.71. The van der Waals surface area contributed by atoms with Crippen LogP contribution in [-0.2, 0) is 16.0 Å². The van der Waals surface area contributed by atoms with Gasteiger partial charge < -0.3 is 10.1 Å². The highest BCUT2D eigenvalue weighted by atomic mass is 32.1. The van der Waals surface area contributed by atoms with E-state index in [0.29, 0.717) is 22.3 Å². The zero-order chi connectivity index (χ0) is 27.7. The average Bonchev–Trinajstić information content (AvgIpc) is 3.47. The Morgan fingerprint density at radius 2 is 1.40 bits per heavy atom. The summed E-state index contributed by atoms with van der Waals surface area (Å²) in [6.45, 7) is 0. The molecule has 0 aliphatic carbocycles. The lowest BCUT2D eigenvalue weighted by atomic mass is 9.90. The van der Waals surface area contributed by atoms with E-state index in [0.717, 1.165) is 22.3 Å². The van der Waals surface area contributed by atoms with E-state index in [1.807, 2.05) is 115 Å². The molecule has 7 nitrogen and oxygen atoms in total. The van der Waals surface area contributed by atoms with Crippen LogP contribution in [0.2, 0.25) is 0 Å². The van der Waals surface area contributed by atoms with Crippen molar-refractivity contribution in [2.24, 2.45) is 0 Å². The second-order valence-corrected chi connectivity index (χ2v) is 10.1. The molecule has 1 atom stereocenters. The molecule has 0 saturated heterocycles. The second kappa shape index (κ2) is 12.8. The summed E-state index contributed by atoms with van der Waals surface area (Å²) in [5.41, 5.74) is 3.45. The third kappa shape index (κ3) is 6.59. The number of anilines is 1. The molecule has 4 aromatic carbocycles. The average molecular weight is 549 g/mol. The van der Waals surface area contributed by atoms with Crippen LogP contribution < -0.4 is 15.4 Å². The van der Waals surface area contributed by atoms with Crippen LogP contribution in [0, 0.1) is 0 Å². The summed E-state index contributed by atoms with van der Waals surface area (Å²) in [5, 5.41) is 15.3. The van der Waals surface area contributed by atoms with Gasteiger partial charge in [-0.15, -0.1) is 10.2 Å². The van der Waals surface area contributed by atoms with Gasteiger partial charge in [0.25, 0.3) is 0 Å². The van der Waals surface area contributed by atoms with Crippen LogP contribution in [0.15, 0.2) is 115 Å². The number of nitrogens with zero attached hydrogens (tertiary/aromatic N) is 2. The van der Waals surface area contributed by atoms with Gasteiger partial charge in [-0.3, -0.25) is 14.9 Å². The molecule has 2 amide bonds. The minimum atomic E-state index is -0.839. The van der Waals surface area contributed by atoms with Crippen molar-refractivity contribution in [2.45, 2.75) is 18.4 Å². The van der Waals surface area contributed by atoms with Crippen molar-refractivity contribution < 1.29 is 14.3 Å². The Hall–Kier alpha value is -4.82. The largest absolute Gasteiger partial charge is 0.497 e. The molecule has 0 spiro atoms. The van der Waals surface area contributed by atoms with Crippen molar-refractivity contribution >= 4 is 28.3 Å². The first kappa shape index (κ1) is 26.8. The molecular formula is C32H28N4O3S. The van der Waals surface area contributed by atoms with Crippen LogP contribution in [0.5, 0.6) is 5.75 Å². The first-order valence-electron chi connectivity index (χ1n) is 12.8. The lowest BCUT2D eigenvalue weighted by Crippen LogP contribution is -2.47. The van der Waals surface area contributed by atoms with Gasteiger partial charge in [0.15, 0.2) is 0 Å². The molecule has 8 heteroatoms.